The largest absolute Gasteiger partial charge is 0.350 e. The van der Waals surface area contributed by atoms with Crippen molar-refractivity contribution in [2.24, 2.45) is 0 Å². The van der Waals surface area contributed by atoms with Gasteiger partial charge in [0.25, 0.3) is 0 Å². The van der Waals surface area contributed by atoms with Gasteiger partial charge in [0.2, 0.25) is 11.8 Å². The highest BCUT2D eigenvalue weighted by molar-refractivity contribution is 8.01. The summed E-state index contributed by atoms with van der Waals surface area (Å²) in [5.74, 6) is -0.269. The van der Waals surface area contributed by atoms with Crippen molar-refractivity contribution in [2.45, 2.75) is 29.5 Å². The van der Waals surface area contributed by atoms with E-state index in [0.29, 0.717) is 0 Å². The highest BCUT2D eigenvalue weighted by atomic mass is 32.2. The summed E-state index contributed by atoms with van der Waals surface area (Å²) in [6.07, 6.45) is 5.49. The number of carbonyl (C=O) groups excluding carboxylic acids is 2. The van der Waals surface area contributed by atoms with Gasteiger partial charge in [0.15, 0.2) is 0 Å². The van der Waals surface area contributed by atoms with Gasteiger partial charge in [-0.05, 0) is 36.8 Å². The molecule has 4 rings (SSSR count). The predicted octanol–water partition coefficient (Wildman–Crippen LogP) is 3.55. The molecule has 2 aromatic carbocycles. The highest BCUT2D eigenvalue weighted by Crippen LogP contribution is 2.36. The van der Waals surface area contributed by atoms with Gasteiger partial charge >= 0.3 is 0 Å². The number of imidazole rings is 1. The van der Waals surface area contributed by atoms with Crippen molar-refractivity contribution in [3.8, 4) is 5.69 Å². The van der Waals surface area contributed by atoms with Crippen LogP contribution in [-0.2, 0) is 9.59 Å². The van der Waals surface area contributed by atoms with Crippen molar-refractivity contribution in [2.75, 3.05) is 5.32 Å². The quantitative estimate of drug-likeness (QED) is 0.696. The van der Waals surface area contributed by atoms with Gasteiger partial charge < -0.3 is 15.2 Å². The van der Waals surface area contributed by atoms with Crippen LogP contribution in [0.4, 0.5) is 5.69 Å². The van der Waals surface area contributed by atoms with E-state index in [2.05, 4.69) is 15.6 Å². The van der Waals surface area contributed by atoms with Gasteiger partial charge in [0, 0.05) is 29.4 Å². The Balaban J connectivity index is 1.36. The second-order valence-corrected chi connectivity index (χ2v) is 7.89. The second kappa shape index (κ2) is 7.90. The van der Waals surface area contributed by atoms with Crippen LogP contribution in [0.3, 0.4) is 0 Å². The first-order chi connectivity index (χ1) is 13.6. The van der Waals surface area contributed by atoms with Crippen LogP contribution in [0.25, 0.3) is 5.69 Å². The summed E-state index contributed by atoms with van der Waals surface area (Å²) in [5, 5.41) is 5.44. The monoisotopic (exact) mass is 392 g/mol. The third-order valence-corrected chi connectivity index (χ3v) is 5.93. The molecule has 7 heteroatoms. The number of hydrogen-bond acceptors (Lipinski definition) is 4. The van der Waals surface area contributed by atoms with Crippen molar-refractivity contribution in [1.82, 2.24) is 14.9 Å². The number of benzene rings is 2. The van der Waals surface area contributed by atoms with Gasteiger partial charge in [-0.25, -0.2) is 4.98 Å². The lowest BCUT2D eigenvalue weighted by atomic mass is 10.1. The molecule has 2 amide bonds. The lowest BCUT2D eigenvalue weighted by Crippen LogP contribution is -2.35. The van der Waals surface area contributed by atoms with E-state index in [4.69, 9.17) is 0 Å². The molecule has 3 aromatic rings. The molecule has 0 fully saturated rings. The van der Waals surface area contributed by atoms with Crippen molar-refractivity contribution in [3.05, 3.63) is 72.8 Å². The van der Waals surface area contributed by atoms with Crippen LogP contribution >= 0.6 is 11.8 Å². The SMILES string of the molecule is C[C@H](NC(=O)C[C@@H]1Sc2ccccc2NC1=O)c1ccc(-n2ccnc2)cc1. The lowest BCUT2D eigenvalue weighted by Gasteiger charge is -2.24. The summed E-state index contributed by atoms with van der Waals surface area (Å²) in [6.45, 7) is 1.94. The Bertz CT molecular complexity index is 986. The average Bonchev–Trinajstić information content (AvgIpc) is 3.23. The highest BCUT2D eigenvalue weighted by Gasteiger charge is 2.29. The maximum Gasteiger partial charge on any atom is 0.238 e. The van der Waals surface area contributed by atoms with Crippen LogP contribution in [0.5, 0.6) is 0 Å². The summed E-state index contributed by atoms with van der Waals surface area (Å²) in [5.41, 5.74) is 2.82. The number of nitrogens with one attached hydrogen (secondary N) is 2. The first kappa shape index (κ1) is 18.3. The molecule has 0 spiro atoms. The molecule has 0 bridgehead atoms. The maximum atomic E-state index is 12.5. The maximum absolute atomic E-state index is 12.5. The second-order valence-electron chi connectivity index (χ2n) is 6.65. The molecule has 142 valence electrons. The molecule has 0 unspecified atom stereocenters. The molecule has 0 radical (unpaired) electrons. The zero-order valence-electron chi connectivity index (χ0n) is 15.3. The van der Waals surface area contributed by atoms with E-state index in [0.717, 1.165) is 21.8 Å². The summed E-state index contributed by atoms with van der Waals surface area (Å²) in [6, 6.07) is 15.4. The molecule has 1 aliphatic rings. The van der Waals surface area contributed by atoms with E-state index < -0.39 is 5.25 Å². The van der Waals surface area contributed by atoms with Crippen LogP contribution in [0, 0.1) is 0 Å². The number of carbonyl (C=O) groups is 2. The lowest BCUT2D eigenvalue weighted by molar-refractivity contribution is -0.124. The van der Waals surface area contributed by atoms with E-state index >= 15 is 0 Å². The van der Waals surface area contributed by atoms with Gasteiger partial charge in [-0.1, -0.05) is 24.3 Å². The molecule has 6 nitrogen and oxygen atoms in total. The summed E-state index contributed by atoms with van der Waals surface area (Å²) in [4.78, 5) is 29.8. The van der Waals surface area contributed by atoms with E-state index in [9.17, 15) is 9.59 Å². The number of anilines is 1. The van der Waals surface area contributed by atoms with Crippen LogP contribution in [0.2, 0.25) is 0 Å². The Hall–Kier alpha value is -3.06. The van der Waals surface area contributed by atoms with Crippen molar-refractivity contribution in [1.29, 1.82) is 0 Å². The first-order valence-corrected chi connectivity index (χ1v) is 9.92. The van der Waals surface area contributed by atoms with E-state index in [1.54, 1.807) is 12.5 Å². The molecule has 0 aliphatic carbocycles. The van der Waals surface area contributed by atoms with Gasteiger partial charge in [0.1, 0.15) is 0 Å². The summed E-state index contributed by atoms with van der Waals surface area (Å²) in [7, 11) is 0. The standard InChI is InChI=1S/C21H20N4O2S/c1-14(15-6-8-16(9-7-15)25-11-10-22-13-25)23-20(26)12-19-21(27)24-17-4-2-3-5-18(17)28-19/h2-11,13-14,19H,12H2,1H3,(H,23,26)(H,24,27)/t14-,19-/m0/s1. The smallest absolute Gasteiger partial charge is 0.238 e. The number of fused-ring (bicyclic) bond motifs is 1. The topological polar surface area (TPSA) is 76.0 Å². The molecule has 0 saturated heterocycles. The van der Waals surface area contributed by atoms with Crippen molar-refractivity contribution in [3.63, 3.8) is 0 Å². The number of aromatic nitrogens is 2. The third-order valence-electron chi connectivity index (χ3n) is 4.65. The molecule has 2 heterocycles. The Morgan fingerprint density at radius 3 is 2.79 bits per heavy atom. The summed E-state index contributed by atoms with van der Waals surface area (Å²) >= 11 is 1.44. The number of amides is 2. The molecule has 2 N–H and O–H groups in total. The zero-order chi connectivity index (χ0) is 19.5. The Morgan fingerprint density at radius 1 is 1.25 bits per heavy atom. The Labute approximate surface area is 167 Å². The fourth-order valence-corrected chi connectivity index (χ4v) is 4.24. The molecule has 1 aliphatic heterocycles. The van der Waals surface area contributed by atoms with E-state index in [-0.39, 0.29) is 24.3 Å². The molecule has 2 atom stereocenters. The number of thioether (sulfide) groups is 1. The summed E-state index contributed by atoms with van der Waals surface area (Å²) < 4.78 is 1.92. The number of para-hydroxylation sites is 1. The molecule has 0 saturated carbocycles. The van der Waals surface area contributed by atoms with Crippen LogP contribution < -0.4 is 10.6 Å². The molecule has 28 heavy (non-hydrogen) atoms. The molecular weight excluding hydrogens is 372 g/mol. The average molecular weight is 392 g/mol. The minimum Gasteiger partial charge on any atom is -0.350 e. The molecular formula is C21H20N4O2S. The van der Waals surface area contributed by atoms with Gasteiger partial charge in [0.05, 0.1) is 23.3 Å². The molecule has 1 aromatic heterocycles. The van der Waals surface area contributed by atoms with Gasteiger partial charge in [-0.2, -0.15) is 0 Å². The number of rotatable bonds is 5. The minimum atomic E-state index is -0.425. The fraction of sp³-hybridized carbons (Fsp3) is 0.190. The van der Waals surface area contributed by atoms with E-state index in [1.807, 2.05) is 66.2 Å². The number of hydrogen-bond donors (Lipinski definition) is 2. The zero-order valence-corrected chi connectivity index (χ0v) is 16.1. The van der Waals surface area contributed by atoms with Gasteiger partial charge in [-0.15, -0.1) is 11.8 Å². The Morgan fingerprint density at radius 2 is 2.04 bits per heavy atom. The van der Waals surface area contributed by atoms with Gasteiger partial charge in [-0.3, -0.25) is 9.59 Å². The minimum absolute atomic E-state index is 0.129. The Kier molecular flexibility index (Phi) is 5.16. The van der Waals surface area contributed by atoms with Crippen molar-refractivity contribution < 1.29 is 9.59 Å². The predicted molar refractivity (Wildman–Crippen MR) is 109 cm³/mol. The van der Waals surface area contributed by atoms with E-state index in [1.165, 1.54) is 11.8 Å². The van der Waals surface area contributed by atoms with Crippen LogP contribution in [0.1, 0.15) is 24.9 Å². The van der Waals surface area contributed by atoms with Crippen LogP contribution in [-0.4, -0.2) is 26.6 Å². The number of nitrogens with zero attached hydrogens (tertiary/aromatic N) is 2. The van der Waals surface area contributed by atoms with Crippen LogP contribution in [0.15, 0.2) is 72.1 Å². The third kappa shape index (κ3) is 3.94. The first-order valence-electron chi connectivity index (χ1n) is 9.04. The normalized spacial score (nSPS) is 16.8. The fourth-order valence-electron chi connectivity index (χ4n) is 3.13. The van der Waals surface area contributed by atoms with Crippen molar-refractivity contribution >= 4 is 29.3 Å².